The van der Waals surface area contributed by atoms with Gasteiger partial charge in [0.05, 0.1) is 31.9 Å². The van der Waals surface area contributed by atoms with E-state index in [2.05, 4.69) is 57.9 Å². The Balaban J connectivity index is 1.93. The standard InChI is InChI=1S/C41H57N5O8S2/c1-9-12-17-28(11-3)26-55-32-21-20-29(41(4,5)6)25-31(32)44-38(47)36(45-27-42-34(39(48)52-7)35(45)40(49)53-8)37-43-30-18-14-15-19-33(30)56(50,51)46(37)22-16-24-54-23-13-10-2/h14-15,18-21,25,27-28,36H,9-13,16-17,22-24,26H2,1-8H3,(H,44,47). The number of carbonyl (C=O) groups excluding carboxylic acids is 3. The molecular weight excluding hydrogens is 755 g/mol. The second kappa shape index (κ2) is 20.3. The third-order valence-corrected chi connectivity index (χ3v) is 12.8. The van der Waals surface area contributed by atoms with Crippen molar-refractivity contribution in [3.8, 4) is 0 Å². The topological polar surface area (TPSA) is 158 Å². The van der Waals surface area contributed by atoms with Crippen LogP contribution in [0.3, 0.4) is 0 Å². The number of imidazole rings is 1. The molecule has 15 heteroatoms. The summed E-state index contributed by atoms with van der Waals surface area (Å²) in [6.07, 6.45) is 7.57. The van der Waals surface area contributed by atoms with Crippen molar-refractivity contribution >= 4 is 56.8 Å². The van der Waals surface area contributed by atoms with E-state index in [1.807, 2.05) is 12.1 Å². The van der Waals surface area contributed by atoms with Crippen LogP contribution in [0.4, 0.5) is 11.4 Å². The molecule has 1 aliphatic heterocycles. The first kappa shape index (κ1) is 44.5. The number of para-hydroxylation sites is 1. The summed E-state index contributed by atoms with van der Waals surface area (Å²) >= 11 is 1.65. The molecule has 2 unspecified atom stereocenters. The van der Waals surface area contributed by atoms with Gasteiger partial charge in [0.2, 0.25) is 0 Å². The zero-order valence-corrected chi connectivity index (χ0v) is 35.6. The van der Waals surface area contributed by atoms with Gasteiger partial charge in [-0.05, 0) is 60.4 Å². The number of amidine groups is 1. The number of thioether (sulfide) groups is 1. The number of nitrogens with one attached hydrogen (secondary N) is 1. The number of hydrogen-bond donors (Lipinski definition) is 1. The van der Waals surface area contributed by atoms with E-state index >= 15 is 4.79 Å². The van der Waals surface area contributed by atoms with Crippen LogP contribution in [0, 0.1) is 5.92 Å². The number of aliphatic imine (C=N–C) groups is 1. The van der Waals surface area contributed by atoms with Gasteiger partial charge in [0, 0.05) is 30.4 Å². The number of nitrogens with zero attached hydrogens (tertiary/aromatic N) is 4. The molecule has 0 fully saturated rings. The predicted octanol–water partition coefficient (Wildman–Crippen LogP) is 8.18. The lowest BCUT2D eigenvalue weighted by Crippen LogP contribution is -2.48. The van der Waals surface area contributed by atoms with Crippen LogP contribution in [-0.2, 0) is 34.4 Å². The Morgan fingerprint density at radius 3 is 2.29 bits per heavy atom. The molecule has 1 amide bonds. The Morgan fingerprint density at radius 1 is 0.929 bits per heavy atom. The fraction of sp³-hybridized carbons (Fsp3) is 0.537. The summed E-state index contributed by atoms with van der Waals surface area (Å²) in [5.41, 5.74) is 0.526. The van der Waals surface area contributed by atoms with Crippen LogP contribution in [0.2, 0.25) is 0 Å². The van der Waals surface area contributed by atoms with Gasteiger partial charge in [-0.1, -0.05) is 85.4 Å². The Hall–Kier alpha value is -4.21. The number of hydrogen-bond acceptors (Lipinski definition) is 11. The van der Waals surface area contributed by atoms with Gasteiger partial charge >= 0.3 is 11.9 Å². The highest BCUT2D eigenvalue weighted by Gasteiger charge is 2.43. The molecule has 0 saturated heterocycles. The monoisotopic (exact) mass is 811 g/mol. The van der Waals surface area contributed by atoms with Crippen LogP contribution in [-0.4, -0.2) is 85.7 Å². The number of fused-ring (bicyclic) bond motifs is 1. The molecule has 1 aromatic heterocycles. The normalized spacial score (nSPS) is 14.7. The first-order valence-corrected chi connectivity index (χ1v) is 21.8. The Bertz CT molecular complexity index is 1970. The third kappa shape index (κ3) is 10.6. The summed E-state index contributed by atoms with van der Waals surface area (Å²) in [5, 5.41) is 3.10. The van der Waals surface area contributed by atoms with Gasteiger partial charge in [-0.3, -0.25) is 9.10 Å². The smallest absolute Gasteiger partial charge is 0.359 e. The molecule has 306 valence electrons. The van der Waals surface area contributed by atoms with Crippen LogP contribution in [0.15, 0.2) is 63.6 Å². The number of methoxy groups -OCH3 is 2. The van der Waals surface area contributed by atoms with Crippen LogP contribution >= 0.6 is 11.8 Å². The number of ether oxygens (including phenoxy) is 3. The first-order valence-electron chi connectivity index (χ1n) is 19.3. The number of rotatable bonds is 20. The summed E-state index contributed by atoms with van der Waals surface area (Å²) < 4.78 is 46.9. The molecule has 13 nitrogen and oxygen atoms in total. The van der Waals surface area contributed by atoms with Crippen molar-refractivity contribution in [1.82, 2.24) is 13.9 Å². The molecule has 2 atom stereocenters. The highest BCUT2D eigenvalue weighted by molar-refractivity contribution is 7.99. The fourth-order valence-corrected chi connectivity index (χ4v) is 9.15. The molecule has 0 bridgehead atoms. The van der Waals surface area contributed by atoms with Crippen molar-refractivity contribution in [1.29, 1.82) is 0 Å². The second-order valence-corrected chi connectivity index (χ2v) is 17.6. The largest absolute Gasteiger partial charge is 0.464 e. The average Bonchev–Trinajstić information content (AvgIpc) is 3.61. The molecule has 4 rings (SSSR count). The zero-order valence-electron chi connectivity index (χ0n) is 33.9. The van der Waals surface area contributed by atoms with Gasteiger partial charge in [-0.15, -0.1) is 11.8 Å². The maximum absolute atomic E-state index is 15.1. The molecule has 0 radical (unpaired) electrons. The minimum absolute atomic E-state index is 0.0333. The van der Waals surface area contributed by atoms with E-state index in [-0.39, 0.29) is 41.4 Å². The lowest BCUT2D eigenvalue weighted by atomic mass is 9.87. The Morgan fingerprint density at radius 2 is 1.62 bits per heavy atom. The minimum Gasteiger partial charge on any atom is -0.464 e. The molecule has 3 aromatic rings. The van der Waals surface area contributed by atoms with Crippen molar-refractivity contribution in [2.75, 3.05) is 45.0 Å². The number of amides is 1. The van der Waals surface area contributed by atoms with Crippen molar-refractivity contribution in [3.63, 3.8) is 0 Å². The minimum atomic E-state index is -4.28. The molecule has 0 saturated carbocycles. The Labute approximate surface area is 336 Å². The average molecular weight is 812 g/mol. The van der Waals surface area contributed by atoms with E-state index in [9.17, 15) is 18.0 Å². The maximum atomic E-state index is 15.1. The van der Waals surface area contributed by atoms with Crippen molar-refractivity contribution in [2.24, 2.45) is 10.9 Å². The number of anilines is 1. The van der Waals surface area contributed by atoms with Gasteiger partial charge in [-0.2, -0.15) is 0 Å². The maximum Gasteiger partial charge on any atom is 0.359 e. The molecule has 56 heavy (non-hydrogen) atoms. The highest BCUT2D eigenvalue weighted by Crippen LogP contribution is 2.38. The lowest BCUT2D eigenvalue weighted by molar-refractivity contribution is -0.117. The van der Waals surface area contributed by atoms with Gasteiger partial charge in [0.15, 0.2) is 23.3 Å². The van der Waals surface area contributed by atoms with Gasteiger partial charge in [0.1, 0.15) is 4.90 Å². The lowest BCUT2D eigenvalue weighted by Gasteiger charge is -2.34. The quantitative estimate of drug-likeness (QED) is 0.0670. The fourth-order valence-electron chi connectivity index (χ4n) is 6.28. The second-order valence-electron chi connectivity index (χ2n) is 14.7. The molecule has 1 N–H and O–H groups in total. The number of esters is 2. The zero-order chi connectivity index (χ0) is 41.0. The SMILES string of the molecule is CCCCOCCCN1C(C(C(=O)Nc2cc(C(C)(C)C)ccc2SCC(CC)CCCC)n2cnc(C(=O)OC)c2C(=O)OC)=Nc2ccccc2S1(=O)=O. The predicted molar refractivity (Wildman–Crippen MR) is 220 cm³/mol. The number of sulfonamides is 1. The molecule has 0 spiro atoms. The van der Waals surface area contributed by atoms with E-state index in [0.717, 1.165) is 84.2 Å². The number of carbonyl (C=O) groups is 3. The van der Waals surface area contributed by atoms with Crippen LogP contribution in [0.25, 0.3) is 0 Å². The van der Waals surface area contributed by atoms with Crippen LogP contribution < -0.4 is 5.32 Å². The van der Waals surface area contributed by atoms with Crippen molar-refractivity contribution < 1.29 is 37.0 Å². The Kier molecular flexibility index (Phi) is 16.1. The summed E-state index contributed by atoms with van der Waals surface area (Å²) in [6, 6.07) is 10.6. The molecule has 0 aliphatic carbocycles. The van der Waals surface area contributed by atoms with Crippen LogP contribution in [0.5, 0.6) is 0 Å². The summed E-state index contributed by atoms with van der Waals surface area (Å²) in [4.78, 5) is 51.3. The summed E-state index contributed by atoms with van der Waals surface area (Å²) in [7, 11) is -2.02. The first-order chi connectivity index (χ1) is 26.7. The van der Waals surface area contributed by atoms with Gasteiger partial charge < -0.3 is 24.1 Å². The van der Waals surface area contributed by atoms with E-state index in [0.29, 0.717) is 18.2 Å². The van der Waals surface area contributed by atoms with Gasteiger partial charge in [-0.25, -0.2) is 28.0 Å². The van der Waals surface area contributed by atoms with Crippen molar-refractivity contribution in [2.45, 2.75) is 108 Å². The van der Waals surface area contributed by atoms with E-state index < -0.39 is 45.3 Å². The molecule has 2 aromatic carbocycles. The van der Waals surface area contributed by atoms with Crippen molar-refractivity contribution in [3.05, 3.63) is 65.7 Å². The summed E-state index contributed by atoms with van der Waals surface area (Å²) in [6.45, 7) is 13.3. The summed E-state index contributed by atoms with van der Waals surface area (Å²) in [5.74, 6) is -1.53. The number of benzene rings is 2. The molecule has 2 heterocycles. The molecule has 1 aliphatic rings. The van der Waals surface area contributed by atoms with E-state index in [1.54, 1.807) is 30.0 Å². The third-order valence-electron chi connectivity index (χ3n) is 9.66. The van der Waals surface area contributed by atoms with E-state index in [1.165, 1.54) is 6.07 Å². The number of aromatic nitrogens is 2. The van der Waals surface area contributed by atoms with E-state index in [4.69, 9.17) is 19.2 Å². The highest BCUT2D eigenvalue weighted by atomic mass is 32.2. The molecular formula is C41H57N5O8S2. The van der Waals surface area contributed by atoms with Crippen LogP contribution in [0.1, 0.15) is 119 Å². The number of unbranched alkanes of at least 4 members (excludes halogenated alkanes) is 2. The van der Waals surface area contributed by atoms with Gasteiger partial charge in [0.25, 0.3) is 15.9 Å².